The maximum absolute atomic E-state index is 11.3. The zero-order valence-corrected chi connectivity index (χ0v) is 8.27. The number of hydrogen-bond donors (Lipinski definition) is 0. The first-order valence-electron chi connectivity index (χ1n) is 4.46. The highest BCUT2D eigenvalue weighted by atomic mass is 32.2. The van der Waals surface area contributed by atoms with Crippen LogP contribution in [-0.4, -0.2) is 32.6 Å². The lowest BCUT2D eigenvalue weighted by Crippen LogP contribution is -2.15. The van der Waals surface area contributed by atoms with Gasteiger partial charge in [0, 0.05) is 0 Å². The van der Waals surface area contributed by atoms with E-state index in [0.717, 1.165) is 19.3 Å². The van der Waals surface area contributed by atoms with Gasteiger partial charge in [-0.3, -0.25) is 0 Å². The van der Waals surface area contributed by atoms with Crippen molar-refractivity contribution >= 4 is 9.84 Å². The van der Waals surface area contributed by atoms with E-state index in [-0.39, 0.29) is 11.9 Å². The second-order valence-corrected chi connectivity index (χ2v) is 5.51. The first-order chi connectivity index (χ1) is 5.64. The van der Waals surface area contributed by atoms with E-state index in [2.05, 4.69) is 6.92 Å². The monoisotopic (exact) mass is 192 g/mol. The number of ether oxygens (including phenoxy) is 1. The fraction of sp³-hybridized carbons (Fsp3) is 1.00. The lowest BCUT2D eigenvalue weighted by Gasteiger charge is -2.00. The minimum atomic E-state index is -2.82. The van der Waals surface area contributed by atoms with Gasteiger partial charge in [-0.15, -0.1) is 0 Å². The third-order valence-corrected chi connectivity index (χ3v) is 3.69. The Hall–Kier alpha value is -0.0900. The predicted octanol–water partition coefficient (Wildman–Crippen LogP) is 0.990. The van der Waals surface area contributed by atoms with Gasteiger partial charge in [-0.05, 0) is 6.42 Å². The van der Waals surface area contributed by atoms with Crippen LogP contribution in [0, 0.1) is 0 Å². The number of epoxide rings is 1. The molecule has 1 heterocycles. The van der Waals surface area contributed by atoms with Crippen molar-refractivity contribution in [1.82, 2.24) is 0 Å². The van der Waals surface area contributed by atoms with Gasteiger partial charge in [0.1, 0.15) is 0 Å². The Morgan fingerprint density at radius 2 is 2.08 bits per heavy atom. The molecule has 1 rings (SSSR count). The van der Waals surface area contributed by atoms with Crippen LogP contribution in [0.1, 0.15) is 26.2 Å². The molecule has 1 fully saturated rings. The predicted molar refractivity (Wildman–Crippen MR) is 47.9 cm³/mol. The van der Waals surface area contributed by atoms with E-state index < -0.39 is 9.84 Å². The second kappa shape index (κ2) is 4.23. The van der Waals surface area contributed by atoms with Gasteiger partial charge in [0.25, 0.3) is 0 Å². The van der Waals surface area contributed by atoms with Crippen LogP contribution in [0.25, 0.3) is 0 Å². The summed E-state index contributed by atoms with van der Waals surface area (Å²) >= 11 is 0. The Balaban J connectivity index is 2.17. The van der Waals surface area contributed by atoms with Gasteiger partial charge in [-0.25, -0.2) is 8.42 Å². The standard InChI is InChI=1S/C8H16O3S/c1-2-3-4-5-12(9,10)7-8-6-11-8/h8H,2-7H2,1H3. The quantitative estimate of drug-likeness (QED) is 0.466. The van der Waals surface area contributed by atoms with Crippen LogP contribution < -0.4 is 0 Å². The molecule has 0 radical (unpaired) electrons. The molecular weight excluding hydrogens is 176 g/mol. The molecule has 0 amide bonds. The van der Waals surface area contributed by atoms with E-state index in [1.54, 1.807) is 0 Å². The van der Waals surface area contributed by atoms with Crippen LogP contribution in [0.4, 0.5) is 0 Å². The van der Waals surface area contributed by atoms with Gasteiger partial charge in [0.15, 0.2) is 9.84 Å². The average Bonchev–Trinajstić information content (AvgIpc) is 2.71. The van der Waals surface area contributed by atoms with Gasteiger partial charge in [-0.2, -0.15) is 0 Å². The average molecular weight is 192 g/mol. The summed E-state index contributed by atoms with van der Waals surface area (Å²) in [6.07, 6.45) is 2.88. The van der Waals surface area contributed by atoms with E-state index in [9.17, 15) is 8.42 Å². The van der Waals surface area contributed by atoms with Gasteiger partial charge in [0.05, 0.1) is 24.2 Å². The zero-order chi connectivity index (χ0) is 9.03. The van der Waals surface area contributed by atoms with Gasteiger partial charge in [-0.1, -0.05) is 19.8 Å². The molecule has 0 spiro atoms. The first-order valence-corrected chi connectivity index (χ1v) is 6.28. The summed E-state index contributed by atoms with van der Waals surface area (Å²) in [7, 11) is -2.82. The molecule has 1 aliphatic heterocycles. The molecule has 72 valence electrons. The van der Waals surface area contributed by atoms with E-state index in [4.69, 9.17) is 4.74 Å². The minimum absolute atomic E-state index is 0.0108. The van der Waals surface area contributed by atoms with E-state index in [0.29, 0.717) is 12.4 Å². The fourth-order valence-corrected chi connectivity index (χ4v) is 2.67. The molecule has 1 atom stereocenters. The van der Waals surface area contributed by atoms with Gasteiger partial charge in [0.2, 0.25) is 0 Å². The summed E-state index contributed by atoms with van der Waals surface area (Å²) in [6.45, 7) is 2.70. The molecule has 1 aliphatic rings. The lowest BCUT2D eigenvalue weighted by atomic mass is 10.3. The summed E-state index contributed by atoms with van der Waals surface area (Å²) in [4.78, 5) is 0. The largest absolute Gasteiger partial charge is 0.372 e. The number of hydrogen-bond acceptors (Lipinski definition) is 3. The summed E-state index contributed by atoms with van der Waals surface area (Å²) < 4.78 is 27.4. The second-order valence-electron chi connectivity index (χ2n) is 3.28. The Morgan fingerprint density at radius 1 is 1.42 bits per heavy atom. The Morgan fingerprint density at radius 3 is 2.58 bits per heavy atom. The van der Waals surface area contributed by atoms with Crippen LogP contribution in [0.5, 0.6) is 0 Å². The van der Waals surface area contributed by atoms with Crippen molar-refractivity contribution in [2.24, 2.45) is 0 Å². The number of unbranched alkanes of at least 4 members (excludes halogenated alkanes) is 2. The smallest absolute Gasteiger partial charge is 0.152 e. The van der Waals surface area contributed by atoms with E-state index in [1.807, 2.05) is 0 Å². The highest BCUT2D eigenvalue weighted by molar-refractivity contribution is 7.91. The highest BCUT2D eigenvalue weighted by Gasteiger charge is 2.28. The van der Waals surface area contributed by atoms with Crippen LogP contribution in [-0.2, 0) is 14.6 Å². The molecule has 0 aromatic heterocycles. The molecule has 0 bridgehead atoms. The van der Waals surface area contributed by atoms with Crippen molar-refractivity contribution in [3.8, 4) is 0 Å². The maximum atomic E-state index is 11.3. The van der Waals surface area contributed by atoms with Crippen molar-refractivity contribution < 1.29 is 13.2 Å². The molecule has 0 aliphatic carbocycles. The first kappa shape index (κ1) is 9.99. The Bertz CT molecular complexity index is 216. The molecule has 0 aromatic rings. The third-order valence-electron chi connectivity index (χ3n) is 1.90. The Kier molecular flexibility index (Phi) is 3.53. The molecular formula is C8H16O3S. The summed E-state index contributed by atoms with van der Waals surface area (Å²) in [5.41, 5.74) is 0. The number of rotatable bonds is 6. The summed E-state index contributed by atoms with van der Waals surface area (Å²) in [6, 6.07) is 0. The van der Waals surface area contributed by atoms with Crippen molar-refractivity contribution in [2.75, 3.05) is 18.1 Å². The zero-order valence-electron chi connectivity index (χ0n) is 7.45. The molecule has 0 saturated carbocycles. The van der Waals surface area contributed by atoms with Gasteiger partial charge < -0.3 is 4.74 Å². The van der Waals surface area contributed by atoms with E-state index in [1.165, 1.54) is 0 Å². The third kappa shape index (κ3) is 4.07. The highest BCUT2D eigenvalue weighted by Crippen LogP contribution is 2.13. The summed E-state index contributed by atoms with van der Waals surface area (Å²) in [5.74, 6) is 0.567. The van der Waals surface area contributed by atoms with Crippen molar-refractivity contribution in [2.45, 2.75) is 32.3 Å². The molecule has 4 heteroatoms. The van der Waals surface area contributed by atoms with Crippen molar-refractivity contribution in [3.05, 3.63) is 0 Å². The van der Waals surface area contributed by atoms with Crippen LogP contribution in [0.2, 0.25) is 0 Å². The molecule has 0 aromatic carbocycles. The topological polar surface area (TPSA) is 46.7 Å². The maximum Gasteiger partial charge on any atom is 0.152 e. The molecule has 1 saturated heterocycles. The van der Waals surface area contributed by atoms with E-state index >= 15 is 0 Å². The van der Waals surface area contributed by atoms with Crippen LogP contribution >= 0.6 is 0 Å². The van der Waals surface area contributed by atoms with Crippen molar-refractivity contribution in [3.63, 3.8) is 0 Å². The minimum Gasteiger partial charge on any atom is -0.372 e. The lowest BCUT2D eigenvalue weighted by molar-refractivity contribution is 0.422. The van der Waals surface area contributed by atoms with Crippen LogP contribution in [0.15, 0.2) is 0 Å². The summed E-state index contributed by atoms with van der Waals surface area (Å²) in [5, 5.41) is 0. The molecule has 3 nitrogen and oxygen atoms in total. The Labute approximate surface area is 74.0 Å². The molecule has 0 N–H and O–H groups in total. The molecule has 12 heavy (non-hydrogen) atoms. The van der Waals surface area contributed by atoms with Crippen molar-refractivity contribution in [1.29, 1.82) is 0 Å². The fourth-order valence-electron chi connectivity index (χ4n) is 1.10. The SMILES string of the molecule is CCCCCS(=O)(=O)CC1CO1. The normalized spacial score (nSPS) is 22.6. The molecule has 1 unspecified atom stereocenters. The number of sulfone groups is 1. The van der Waals surface area contributed by atoms with Crippen LogP contribution in [0.3, 0.4) is 0 Å². The van der Waals surface area contributed by atoms with Gasteiger partial charge >= 0.3 is 0 Å².